The van der Waals surface area contributed by atoms with Crippen LogP contribution in [-0.2, 0) is 8.85 Å². The molecule has 0 heterocycles. The lowest BCUT2D eigenvalue weighted by Crippen LogP contribution is -2.68. The molecule has 0 amide bonds. The van der Waals surface area contributed by atoms with Crippen molar-refractivity contribution in [1.29, 1.82) is 0 Å². The minimum atomic E-state index is -2.73. The largest absolute Gasteiger partial charge is 0.417 e. The highest BCUT2D eigenvalue weighted by Crippen LogP contribution is 2.45. The Morgan fingerprint density at radius 2 is 1.26 bits per heavy atom. The first-order valence-corrected chi connectivity index (χ1v) is 17.8. The van der Waals surface area contributed by atoms with Gasteiger partial charge < -0.3 is 14.0 Å². The second-order valence-electron chi connectivity index (χ2n) is 11.5. The maximum atomic E-state index is 10.9. The van der Waals surface area contributed by atoms with Crippen LogP contribution < -0.4 is 10.4 Å². The summed E-state index contributed by atoms with van der Waals surface area (Å²) in [5, 5.41) is 13.5. The summed E-state index contributed by atoms with van der Waals surface area (Å²) in [5.41, 5.74) is 0. The molecule has 0 spiro atoms. The number of aliphatic hydroxyl groups excluding tert-OH is 1. The SMILES string of the molecule is CCC(C)(CC)[Si](C)(C)OCCC(O[Si](c1ccccc1)(c1ccccc1)C(C)(C)C)C(C)O. The Morgan fingerprint density at radius 3 is 1.62 bits per heavy atom. The van der Waals surface area contributed by atoms with Gasteiger partial charge in [0.25, 0.3) is 8.32 Å². The molecule has 0 fully saturated rings. The molecular formula is C29H48O3Si2. The monoisotopic (exact) mass is 500 g/mol. The van der Waals surface area contributed by atoms with Crippen LogP contribution in [0.5, 0.6) is 0 Å². The Balaban J connectivity index is 2.42. The van der Waals surface area contributed by atoms with E-state index < -0.39 is 22.7 Å². The molecule has 190 valence electrons. The van der Waals surface area contributed by atoms with Gasteiger partial charge in [0, 0.05) is 6.61 Å². The van der Waals surface area contributed by atoms with E-state index in [0.717, 1.165) is 12.8 Å². The molecular weight excluding hydrogens is 452 g/mol. The molecule has 0 saturated carbocycles. The fourth-order valence-corrected chi connectivity index (χ4v) is 12.5. The van der Waals surface area contributed by atoms with E-state index >= 15 is 0 Å². The first-order chi connectivity index (χ1) is 15.8. The van der Waals surface area contributed by atoms with Gasteiger partial charge in [-0.2, -0.15) is 0 Å². The van der Waals surface area contributed by atoms with Crippen molar-refractivity contribution in [3.8, 4) is 0 Å². The molecule has 0 radical (unpaired) electrons. The molecule has 2 rings (SSSR count). The van der Waals surface area contributed by atoms with Crippen LogP contribution in [0, 0.1) is 0 Å². The molecule has 0 bridgehead atoms. The highest BCUT2D eigenvalue weighted by atomic mass is 28.4. The van der Waals surface area contributed by atoms with E-state index in [9.17, 15) is 5.11 Å². The van der Waals surface area contributed by atoms with E-state index in [1.54, 1.807) is 0 Å². The minimum absolute atomic E-state index is 0.124. The van der Waals surface area contributed by atoms with E-state index in [1.165, 1.54) is 10.4 Å². The van der Waals surface area contributed by atoms with Gasteiger partial charge in [0.2, 0.25) is 0 Å². The summed E-state index contributed by atoms with van der Waals surface area (Å²) in [6.45, 7) is 20.9. The third-order valence-electron chi connectivity index (χ3n) is 8.16. The zero-order valence-electron chi connectivity index (χ0n) is 23.0. The fourth-order valence-electron chi connectivity index (χ4n) is 5.02. The van der Waals surface area contributed by atoms with Crippen LogP contribution in [0.25, 0.3) is 0 Å². The lowest BCUT2D eigenvalue weighted by Gasteiger charge is -2.46. The molecule has 0 aromatic heterocycles. The Labute approximate surface area is 211 Å². The fraction of sp³-hybridized carbons (Fsp3) is 0.586. The summed E-state index contributed by atoms with van der Waals surface area (Å²) in [5.74, 6) is 0. The standard InChI is InChI=1S/C29H48O3Si2/c1-10-29(7,11-2)33(8,9)31-23-22-27(24(3)30)32-34(28(4,5)6,25-18-14-12-15-19-25)26-20-16-13-17-21-26/h12-21,24,27,30H,10-11,22-23H2,1-9H3. The van der Waals surface area contributed by atoms with Crippen molar-refractivity contribution in [1.82, 2.24) is 0 Å². The van der Waals surface area contributed by atoms with E-state index in [0.29, 0.717) is 13.0 Å². The van der Waals surface area contributed by atoms with Gasteiger partial charge in [-0.25, -0.2) is 0 Å². The number of hydrogen-bond donors (Lipinski definition) is 1. The summed E-state index contributed by atoms with van der Waals surface area (Å²) in [7, 11) is -4.63. The maximum absolute atomic E-state index is 10.9. The Bertz CT molecular complexity index is 816. The predicted octanol–water partition coefficient (Wildman–Crippen LogP) is 6.50. The topological polar surface area (TPSA) is 38.7 Å². The van der Waals surface area contributed by atoms with Gasteiger partial charge in [-0.05, 0) is 46.9 Å². The van der Waals surface area contributed by atoms with Crippen LogP contribution >= 0.6 is 0 Å². The predicted molar refractivity (Wildman–Crippen MR) is 151 cm³/mol. The zero-order chi connectivity index (χ0) is 25.6. The van der Waals surface area contributed by atoms with Crippen molar-refractivity contribution in [2.75, 3.05) is 6.61 Å². The molecule has 34 heavy (non-hydrogen) atoms. The van der Waals surface area contributed by atoms with Crippen molar-refractivity contribution >= 4 is 27.0 Å². The van der Waals surface area contributed by atoms with Crippen molar-refractivity contribution < 1.29 is 14.0 Å². The number of aliphatic hydroxyl groups is 1. The summed E-state index contributed by atoms with van der Waals surface area (Å²) in [6, 6.07) is 21.3. The quantitative estimate of drug-likeness (QED) is 0.338. The average molecular weight is 501 g/mol. The third-order valence-corrected chi connectivity index (χ3v) is 17.8. The smallest absolute Gasteiger partial charge is 0.261 e. The van der Waals surface area contributed by atoms with Crippen molar-refractivity contribution in [2.45, 2.75) is 103 Å². The molecule has 1 N–H and O–H groups in total. The van der Waals surface area contributed by atoms with Crippen molar-refractivity contribution in [3.63, 3.8) is 0 Å². The summed E-state index contributed by atoms with van der Waals surface area (Å²) in [4.78, 5) is 0. The summed E-state index contributed by atoms with van der Waals surface area (Å²) >= 11 is 0. The molecule has 0 aliphatic heterocycles. The van der Waals surface area contributed by atoms with Crippen LogP contribution in [0.4, 0.5) is 0 Å². The molecule has 2 aromatic rings. The lowest BCUT2D eigenvalue weighted by atomic mass is 10.1. The van der Waals surface area contributed by atoms with Crippen LogP contribution in [0.15, 0.2) is 60.7 Å². The first-order valence-electron chi connectivity index (χ1n) is 13.0. The van der Waals surface area contributed by atoms with Crippen molar-refractivity contribution in [2.24, 2.45) is 0 Å². The van der Waals surface area contributed by atoms with Gasteiger partial charge in [0.1, 0.15) is 0 Å². The number of hydrogen-bond acceptors (Lipinski definition) is 3. The third kappa shape index (κ3) is 6.11. The van der Waals surface area contributed by atoms with Gasteiger partial charge in [0.15, 0.2) is 8.32 Å². The Kier molecular flexibility index (Phi) is 9.94. The van der Waals surface area contributed by atoms with E-state index in [2.05, 4.69) is 115 Å². The average Bonchev–Trinajstić information content (AvgIpc) is 2.80. The molecule has 0 aliphatic rings. The zero-order valence-corrected chi connectivity index (χ0v) is 25.0. The van der Waals surface area contributed by atoms with E-state index in [4.69, 9.17) is 8.85 Å². The van der Waals surface area contributed by atoms with Gasteiger partial charge in [-0.3, -0.25) is 0 Å². The van der Waals surface area contributed by atoms with E-state index in [-0.39, 0.29) is 16.2 Å². The maximum Gasteiger partial charge on any atom is 0.261 e. The van der Waals surface area contributed by atoms with Crippen LogP contribution in [0.1, 0.15) is 67.7 Å². The minimum Gasteiger partial charge on any atom is -0.417 e. The number of rotatable bonds is 12. The highest BCUT2D eigenvalue weighted by molar-refractivity contribution is 6.99. The van der Waals surface area contributed by atoms with Gasteiger partial charge in [-0.15, -0.1) is 0 Å². The normalized spacial score (nSPS) is 15.2. The molecule has 2 atom stereocenters. The Morgan fingerprint density at radius 1 is 0.824 bits per heavy atom. The lowest BCUT2D eigenvalue weighted by molar-refractivity contribution is 0.0274. The molecule has 2 aromatic carbocycles. The van der Waals surface area contributed by atoms with Gasteiger partial charge in [-0.1, -0.05) is 115 Å². The van der Waals surface area contributed by atoms with Crippen molar-refractivity contribution in [3.05, 3.63) is 60.7 Å². The second kappa shape index (κ2) is 11.7. The Hall–Kier alpha value is -1.25. The van der Waals surface area contributed by atoms with Gasteiger partial charge in [0.05, 0.1) is 12.2 Å². The molecule has 3 nitrogen and oxygen atoms in total. The van der Waals surface area contributed by atoms with E-state index in [1.807, 2.05) is 6.92 Å². The van der Waals surface area contributed by atoms with Crippen LogP contribution in [-0.4, -0.2) is 40.6 Å². The molecule has 0 saturated heterocycles. The summed E-state index contributed by atoms with van der Waals surface area (Å²) in [6.07, 6.45) is 2.05. The van der Waals surface area contributed by atoms with Crippen LogP contribution in [0.2, 0.25) is 23.2 Å². The second-order valence-corrected chi connectivity index (χ2v) is 20.2. The van der Waals surface area contributed by atoms with Gasteiger partial charge >= 0.3 is 0 Å². The summed E-state index contributed by atoms with van der Waals surface area (Å²) < 4.78 is 13.8. The highest BCUT2D eigenvalue weighted by Gasteiger charge is 2.52. The first kappa shape index (κ1) is 29.0. The molecule has 0 aliphatic carbocycles. The number of benzene rings is 2. The van der Waals surface area contributed by atoms with Crippen LogP contribution in [0.3, 0.4) is 0 Å². The molecule has 5 heteroatoms. The molecule has 2 unspecified atom stereocenters.